The Hall–Kier alpha value is -1.40. The quantitative estimate of drug-likeness (QED) is 0.847. The van der Waals surface area contributed by atoms with E-state index in [1.54, 1.807) is 18.7 Å². The summed E-state index contributed by atoms with van der Waals surface area (Å²) in [6.45, 7) is 2.09. The van der Waals surface area contributed by atoms with Crippen molar-refractivity contribution in [1.82, 2.24) is 14.9 Å². The second kappa shape index (κ2) is 6.85. The zero-order valence-corrected chi connectivity index (χ0v) is 12.9. The molecule has 0 fully saturated rings. The van der Waals surface area contributed by atoms with Crippen molar-refractivity contribution in [3.8, 4) is 0 Å². The minimum absolute atomic E-state index is 0.0923. The second-order valence-electron chi connectivity index (χ2n) is 4.98. The number of hydrogen-bond acceptors (Lipinski definition) is 4. The zero-order chi connectivity index (χ0) is 14.5. The van der Waals surface area contributed by atoms with Gasteiger partial charge in [0.25, 0.3) is 0 Å². The van der Waals surface area contributed by atoms with E-state index in [-0.39, 0.29) is 12.1 Å². The lowest BCUT2D eigenvalue weighted by Crippen LogP contribution is -2.33. The minimum atomic E-state index is -0.763. The number of imidazole rings is 1. The summed E-state index contributed by atoms with van der Waals surface area (Å²) in [5.41, 5.74) is 0. The summed E-state index contributed by atoms with van der Waals surface area (Å²) >= 11 is 0. The fourth-order valence-corrected chi connectivity index (χ4v) is 2.79. The molecule has 2 aromatic rings. The first-order valence-electron chi connectivity index (χ1n) is 6.64. The van der Waals surface area contributed by atoms with E-state index in [0.29, 0.717) is 5.75 Å². The number of aryl methyl sites for hydroxylation is 1. The first-order valence-corrected chi connectivity index (χ1v) is 8.37. The molecule has 0 bridgehead atoms. The number of nitrogens with zero attached hydrogens (tertiary/aromatic N) is 2. The molecule has 110 valence electrons. The van der Waals surface area contributed by atoms with Crippen LogP contribution in [-0.2, 0) is 17.8 Å². The Labute approximate surface area is 121 Å². The van der Waals surface area contributed by atoms with Crippen LogP contribution in [0.2, 0.25) is 0 Å². The van der Waals surface area contributed by atoms with Gasteiger partial charge in [-0.2, -0.15) is 0 Å². The standard InChI is InChI=1S/C14H21N3O2S/c1-11(6-10-20(3)18)16-13(12-5-4-9-19-12)14-15-7-8-17(14)2/h4-5,7-9,11,13,16H,6,10H2,1-3H3. The summed E-state index contributed by atoms with van der Waals surface area (Å²) < 4.78 is 18.7. The zero-order valence-electron chi connectivity index (χ0n) is 12.1. The first kappa shape index (κ1) is 15.0. The highest BCUT2D eigenvalue weighted by Gasteiger charge is 2.22. The maximum absolute atomic E-state index is 11.2. The lowest BCUT2D eigenvalue weighted by molar-refractivity contribution is 0.395. The van der Waals surface area contributed by atoms with E-state index in [4.69, 9.17) is 4.42 Å². The molecule has 0 spiro atoms. The van der Waals surface area contributed by atoms with Crippen molar-refractivity contribution in [1.29, 1.82) is 0 Å². The van der Waals surface area contributed by atoms with Crippen LogP contribution in [0.3, 0.4) is 0 Å². The molecule has 3 atom stereocenters. The molecular formula is C14H21N3O2S. The lowest BCUT2D eigenvalue weighted by Gasteiger charge is -2.21. The van der Waals surface area contributed by atoms with Crippen LogP contribution in [0.1, 0.15) is 31.0 Å². The van der Waals surface area contributed by atoms with Gasteiger partial charge in [-0.15, -0.1) is 0 Å². The molecule has 3 unspecified atom stereocenters. The van der Waals surface area contributed by atoms with Gasteiger partial charge in [-0.25, -0.2) is 4.98 Å². The summed E-state index contributed by atoms with van der Waals surface area (Å²) in [4.78, 5) is 4.40. The van der Waals surface area contributed by atoms with Crippen LogP contribution in [0, 0.1) is 0 Å². The maximum Gasteiger partial charge on any atom is 0.133 e. The van der Waals surface area contributed by atoms with Crippen LogP contribution in [-0.4, -0.2) is 31.8 Å². The topological polar surface area (TPSA) is 60.1 Å². The fourth-order valence-electron chi connectivity index (χ4n) is 2.11. The van der Waals surface area contributed by atoms with Gasteiger partial charge in [0.2, 0.25) is 0 Å². The van der Waals surface area contributed by atoms with Crippen molar-refractivity contribution >= 4 is 10.8 Å². The Kier molecular flexibility index (Phi) is 5.14. The first-order chi connectivity index (χ1) is 9.58. The predicted octanol–water partition coefficient (Wildman–Crippen LogP) is 1.85. The van der Waals surface area contributed by atoms with Crippen LogP contribution in [0.4, 0.5) is 0 Å². The molecule has 6 heteroatoms. The molecule has 2 aromatic heterocycles. The van der Waals surface area contributed by atoms with Gasteiger partial charge in [0.1, 0.15) is 17.6 Å². The van der Waals surface area contributed by atoms with E-state index in [1.165, 1.54) is 0 Å². The van der Waals surface area contributed by atoms with Crippen LogP contribution in [0.25, 0.3) is 0 Å². The molecule has 0 amide bonds. The van der Waals surface area contributed by atoms with E-state index in [1.807, 2.05) is 29.9 Å². The number of furan rings is 1. The lowest BCUT2D eigenvalue weighted by atomic mass is 10.1. The molecule has 0 aromatic carbocycles. The van der Waals surface area contributed by atoms with Gasteiger partial charge < -0.3 is 8.98 Å². The molecule has 20 heavy (non-hydrogen) atoms. The number of aromatic nitrogens is 2. The molecule has 5 nitrogen and oxygen atoms in total. The Morgan fingerprint density at radius 1 is 1.55 bits per heavy atom. The van der Waals surface area contributed by atoms with Gasteiger partial charge in [-0.05, 0) is 25.5 Å². The van der Waals surface area contributed by atoms with Gasteiger partial charge in [0.05, 0.1) is 6.26 Å². The van der Waals surface area contributed by atoms with Crippen molar-refractivity contribution < 1.29 is 8.63 Å². The summed E-state index contributed by atoms with van der Waals surface area (Å²) in [6.07, 6.45) is 7.94. The smallest absolute Gasteiger partial charge is 0.133 e. The molecule has 1 N–H and O–H groups in total. The van der Waals surface area contributed by atoms with Gasteiger partial charge in [0.15, 0.2) is 0 Å². The highest BCUT2D eigenvalue weighted by Crippen LogP contribution is 2.21. The highest BCUT2D eigenvalue weighted by molar-refractivity contribution is 7.84. The monoisotopic (exact) mass is 295 g/mol. The molecule has 2 heterocycles. The van der Waals surface area contributed by atoms with Crippen molar-refractivity contribution in [2.75, 3.05) is 12.0 Å². The van der Waals surface area contributed by atoms with Crippen molar-refractivity contribution in [2.24, 2.45) is 7.05 Å². The average Bonchev–Trinajstić information content (AvgIpc) is 3.05. The fraction of sp³-hybridized carbons (Fsp3) is 0.500. The van der Waals surface area contributed by atoms with Crippen molar-refractivity contribution in [3.63, 3.8) is 0 Å². The molecule has 2 rings (SSSR count). The normalized spacial score (nSPS) is 15.9. The van der Waals surface area contributed by atoms with Crippen LogP contribution >= 0.6 is 0 Å². The molecule has 0 radical (unpaired) electrons. The summed E-state index contributed by atoms with van der Waals surface area (Å²) in [5, 5.41) is 3.51. The minimum Gasteiger partial charge on any atom is -0.467 e. The van der Waals surface area contributed by atoms with Gasteiger partial charge >= 0.3 is 0 Å². The highest BCUT2D eigenvalue weighted by atomic mass is 32.2. The Morgan fingerprint density at radius 2 is 2.35 bits per heavy atom. The predicted molar refractivity (Wildman–Crippen MR) is 79.9 cm³/mol. The molecule has 0 aliphatic heterocycles. The third kappa shape index (κ3) is 3.80. The van der Waals surface area contributed by atoms with Crippen molar-refractivity contribution in [2.45, 2.75) is 25.4 Å². The van der Waals surface area contributed by atoms with Gasteiger partial charge in [0, 0.05) is 48.3 Å². The molecule has 0 saturated carbocycles. The van der Waals surface area contributed by atoms with Crippen LogP contribution in [0.15, 0.2) is 35.2 Å². The molecular weight excluding hydrogens is 274 g/mol. The van der Waals surface area contributed by atoms with E-state index < -0.39 is 10.8 Å². The third-order valence-electron chi connectivity index (χ3n) is 3.23. The summed E-state index contributed by atoms with van der Waals surface area (Å²) in [7, 11) is 1.20. The molecule has 0 aliphatic carbocycles. The molecule has 0 aliphatic rings. The van der Waals surface area contributed by atoms with E-state index >= 15 is 0 Å². The number of nitrogens with one attached hydrogen (secondary N) is 1. The van der Waals surface area contributed by atoms with Crippen LogP contribution < -0.4 is 5.32 Å². The second-order valence-corrected chi connectivity index (χ2v) is 6.53. The molecule has 0 saturated heterocycles. The maximum atomic E-state index is 11.2. The third-order valence-corrected chi connectivity index (χ3v) is 4.04. The van der Waals surface area contributed by atoms with E-state index in [9.17, 15) is 4.21 Å². The van der Waals surface area contributed by atoms with Gasteiger partial charge in [-0.3, -0.25) is 9.53 Å². The van der Waals surface area contributed by atoms with E-state index in [0.717, 1.165) is 18.0 Å². The Morgan fingerprint density at radius 3 is 2.90 bits per heavy atom. The number of hydrogen-bond donors (Lipinski definition) is 1. The largest absolute Gasteiger partial charge is 0.467 e. The average molecular weight is 295 g/mol. The summed E-state index contributed by atoms with van der Waals surface area (Å²) in [5.74, 6) is 2.44. The van der Waals surface area contributed by atoms with E-state index in [2.05, 4.69) is 17.2 Å². The summed E-state index contributed by atoms with van der Waals surface area (Å²) in [6, 6.07) is 3.95. The number of rotatable bonds is 7. The van der Waals surface area contributed by atoms with Crippen LogP contribution in [0.5, 0.6) is 0 Å². The van der Waals surface area contributed by atoms with Crippen molar-refractivity contribution in [3.05, 3.63) is 42.4 Å². The Bertz CT molecular complexity index is 551. The van der Waals surface area contributed by atoms with Gasteiger partial charge in [-0.1, -0.05) is 0 Å². The SMILES string of the molecule is CC(CCS(C)=O)NC(c1ccco1)c1nccn1C. The Balaban J connectivity index is 2.12.